The monoisotopic (exact) mass is 467 g/mol. The maximum Gasteiger partial charge on any atom is 0.257 e. The van der Waals surface area contributed by atoms with Crippen LogP contribution in [0.25, 0.3) is 10.9 Å². The van der Waals surface area contributed by atoms with Crippen LogP contribution in [-0.4, -0.2) is 47.3 Å². The first-order chi connectivity index (χ1) is 17.1. The van der Waals surface area contributed by atoms with Crippen LogP contribution in [0.2, 0.25) is 0 Å². The third-order valence-corrected chi connectivity index (χ3v) is 6.41. The Morgan fingerprint density at radius 3 is 2.46 bits per heavy atom. The van der Waals surface area contributed by atoms with Crippen LogP contribution < -0.4 is 9.64 Å². The molecule has 0 radical (unpaired) electrons. The van der Waals surface area contributed by atoms with Crippen molar-refractivity contribution in [1.29, 1.82) is 0 Å². The van der Waals surface area contributed by atoms with Crippen LogP contribution in [-0.2, 0) is 16.0 Å². The predicted molar refractivity (Wildman–Crippen MR) is 133 cm³/mol. The largest absolute Gasteiger partial charge is 0.497 e. The van der Waals surface area contributed by atoms with Gasteiger partial charge in [-0.2, -0.15) is 0 Å². The number of H-pyrrole nitrogens is 1. The first kappa shape index (κ1) is 22.4. The van der Waals surface area contributed by atoms with Crippen molar-refractivity contribution in [3.8, 4) is 5.75 Å². The topological polar surface area (TPSA) is 82.7 Å². The van der Waals surface area contributed by atoms with E-state index in [1.54, 1.807) is 55.6 Å². The number of benzene rings is 3. The third-order valence-electron chi connectivity index (χ3n) is 6.41. The number of hydrogen-bond donors (Lipinski definition) is 1. The van der Waals surface area contributed by atoms with Crippen LogP contribution >= 0.6 is 0 Å². The highest BCUT2D eigenvalue weighted by Gasteiger charge is 2.44. The first-order valence-corrected chi connectivity index (χ1v) is 11.5. The first-order valence-electron chi connectivity index (χ1n) is 11.5. The van der Waals surface area contributed by atoms with Crippen molar-refractivity contribution in [2.24, 2.45) is 0 Å². The van der Waals surface area contributed by atoms with Crippen molar-refractivity contribution in [1.82, 2.24) is 9.88 Å². The number of rotatable bonds is 7. The number of amides is 3. The zero-order chi connectivity index (χ0) is 24.4. The number of imide groups is 1. The Kier molecular flexibility index (Phi) is 6.06. The number of fused-ring (bicyclic) bond motifs is 1. The molecule has 1 saturated heterocycles. The third kappa shape index (κ3) is 4.28. The number of anilines is 1. The van der Waals surface area contributed by atoms with E-state index in [9.17, 15) is 14.4 Å². The van der Waals surface area contributed by atoms with Gasteiger partial charge in [0.05, 0.1) is 19.2 Å². The fourth-order valence-corrected chi connectivity index (χ4v) is 4.59. The minimum Gasteiger partial charge on any atom is -0.497 e. The minimum absolute atomic E-state index is 0.0521. The molecule has 7 heteroatoms. The summed E-state index contributed by atoms with van der Waals surface area (Å²) < 4.78 is 5.21. The summed E-state index contributed by atoms with van der Waals surface area (Å²) in [5.41, 5.74) is 3.00. The molecule has 1 aromatic heterocycles. The molecule has 0 bridgehead atoms. The van der Waals surface area contributed by atoms with Crippen LogP contribution in [0.15, 0.2) is 85.1 Å². The lowest BCUT2D eigenvalue weighted by atomic mass is 10.1. The molecule has 1 aliphatic heterocycles. The molecule has 0 aliphatic carbocycles. The minimum atomic E-state index is -0.873. The summed E-state index contributed by atoms with van der Waals surface area (Å²) >= 11 is 0. The van der Waals surface area contributed by atoms with Crippen LogP contribution in [0.3, 0.4) is 0 Å². The quantitative estimate of drug-likeness (QED) is 0.413. The van der Waals surface area contributed by atoms with E-state index in [0.717, 1.165) is 16.5 Å². The molecule has 1 unspecified atom stereocenters. The maximum atomic E-state index is 13.6. The molecule has 5 rings (SSSR count). The van der Waals surface area contributed by atoms with E-state index in [-0.39, 0.29) is 24.1 Å². The van der Waals surface area contributed by atoms with Crippen molar-refractivity contribution in [2.45, 2.75) is 18.9 Å². The van der Waals surface area contributed by atoms with Crippen LogP contribution in [0.5, 0.6) is 5.75 Å². The van der Waals surface area contributed by atoms with E-state index in [1.165, 1.54) is 9.80 Å². The number of carbonyl (C=O) groups is 3. The molecule has 1 fully saturated rings. The van der Waals surface area contributed by atoms with Gasteiger partial charge in [-0.15, -0.1) is 0 Å². The molecule has 3 amide bonds. The van der Waals surface area contributed by atoms with Crippen molar-refractivity contribution < 1.29 is 19.1 Å². The van der Waals surface area contributed by atoms with Gasteiger partial charge < -0.3 is 14.6 Å². The smallest absolute Gasteiger partial charge is 0.257 e. The Morgan fingerprint density at radius 2 is 1.71 bits per heavy atom. The normalized spacial score (nSPS) is 15.6. The van der Waals surface area contributed by atoms with Crippen LogP contribution in [0.4, 0.5) is 5.69 Å². The molecule has 0 spiro atoms. The Morgan fingerprint density at radius 1 is 1.00 bits per heavy atom. The second kappa shape index (κ2) is 9.46. The van der Waals surface area contributed by atoms with Gasteiger partial charge >= 0.3 is 0 Å². The lowest BCUT2D eigenvalue weighted by molar-refractivity contribution is -0.122. The summed E-state index contributed by atoms with van der Waals surface area (Å²) in [6, 6.07) is 22.7. The number of para-hydroxylation sites is 2. The molecule has 4 aromatic rings. The van der Waals surface area contributed by atoms with E-state index in [0.29, 0.717) is 30.0 Å². The van der Waals surface area contributed by atoms with Gasteiger partial charge in [-0.25, -0.2) is 4.90 Å². The highest BCUT2D eigenvalue weighted by molar-refractivity contribution is 6.23. The van der Waals surface area contributed by atoms with Gasteiger partial charge in [0, 0.05) is 29.2 Å². The Labute approximate surface area is 202 Å². The molecule has 7 nitrogen and oxygen atoms in total. The molecule has 1 N–H and O–H groups in total. The zero-order valence-electron chi connectivity index (χ0n) is 19.3. The highest BCUT2D eigenvalue weighted by atomic mass is 16.5. The van der Waals surface area contributed by atoms with Crippen molar-refractivity contribution in [3.63, 3.8) is 0 Å². The van der Waals surface area contributed by atoms with Crippen molar-refractivity contribution in [2.75, 3.05) is 18.6 Å². The Balaban J connectivity index is 1.46. The molecule has 176 valence electrons. The average Bonchev–Trinajstić information content (AvgIpc) is 3.44. The summed E-state index contributed by atoms with van der Waals surface area (Å²) in [6.45, 7) is 0.291. The van der Waals surface area contributed by atoms with Gasteiger partial charge in [0.2, 0.25) is 5.91 Å². The molecule has 0 saturated carbocycles. The number of nitrogens with one attached hydrogen (secondary N) is 1. The Hall–Kier alpha value is -4.39. The molecule has 1 aliphatic rings. The molecule has 1 atom stereocenters. The summed E-state index contributed by atoms with van der Waals surface area (Å²) in [5.74, 6) is -0.365. The van der Waals surface area contributed by atoms with Gasteiger partial charge in [-0.1, -0.05) is 36.4 Å². The van der Waals surface area contributed by atoms with Crippen molar-refractivity contribution in [3.05, 3.63) is 96.2 Å². The number of aromatic amines is 1. The number of hydrogen-bond acceptors (Lipinski definition) is 4. The zero-order valence-corrected chi connectivity index (χ0v) is 19.3. The van der Waals surface area contributed by atoms with Crippen LogP contribution in [0.1, 0.15) is 22.3 Å². The number of nitrogens with zero attached hydrogens (tertiary/aromatic N) is 2. The molecular weight excluding hydrogens is 442 g/mol. The number of aromatic nitrogens is 1. The summed E-state index contributed by atoms with van der Waals surface area (Å²) in [7, 11) is 1.56. The number of carbonyl (C=O) groups excluding carboxylic acids is 3. The van der Waals surface area contributed by atoms with Gasteiger partial charge in [0.25, 0.3) is 11.8 Å². The maximum absolute atomic E-state index is 13.6. The number of methoxy groups -OCH3 is 1. The summed E-state index contributed by atoms with van der Waals surface area (Å²) in [6.07, 6.45) is 2.41. The van der Waals surface area contributed by atoms with Gasteiger partial charge in [0.15, 0.2) is 0 Å². The molecule has 3 aromatic carbocycles. The summed E-state index contributed by atoms with van der Waals surface area (Å²) in [4.78, 5) is 46.0. The standard InChI is InChI=1S/C28H25N3O4/c1-35-22-13-11-19(12-14-22)27(33)30(16-15-20-18-29-24-10-6-5-9-23(20)24)25-17-26(32)31(28(25)34)21-7-3-2-4-8-21/h2-14,18,25,29H,15-17H2,1H3. The fourth-order valence-electron chi connectivity index (χ4n) is 4.59. The molecule has 35 heavy (non-hydrogen) atoms. The summed E-state index contributed by atoms with van der Waals surface area (Å²) in [5, 5.41) is 1.07. The van der Waals surface area contributed by atoms with E-state index in [2.05, 4.69) is 4.98 Å². The van der Waals surface area contributed by atoms with E-state index in [4.69, 9.17) is 4.74 Å². The fraction of sp³-hybridized carbons (Fsp3) is 0.179. The van der Waals surface area contributed by atoms with Crippen LogP contribution in [0, 0.1) is 0 Å². The average molecular weight is 468 g/mol. The van der Waals surface area contributed by atoms with Gasteiger partial charge in [-0.3, -0.25) is 14.4 Å². The number of ether oxygens (including phenoxy) is 1. The van der Waals surface area contributed by atoms with E-state index in [1.807, 2.05) is 36.5 Å². The Bertz CT molecular complexity index is 1380. The predicted octanol–water partition coefficient (Wildman–Crippen LogP) is 4.19. The van der Waals surface area contributed by atoms with E-state index >= 15 is 0 Å². The lowest BCUT2D eigenvalue weighted by Gasteiger charge is -2.28. The second-order valence-corrected chi connectivity index (χ2v) is 8.46. The molecule has 2 heterocycles. The van der Waals surface area contributed by atoms with Gasteiger partial charge in [-0.05, 0) is 54.4 Å². The van der Waals surface area contributed by atoms with E-state index < -0.39 is 6.04 Å². The molecular formula is C28H25N3O4. The highest BCUT2D eigenvalue weighted by Crippen LogP contribution is 2.28. The van der Waals surface area contributed by atoms with Gasteiger partial charge in [0.1, 0.15) is 11.8 Å². The lowest BCUT2D eigenvalue weighted by Crippen LogP contribution is -2.46. The second-order valence-electron chi connectivity index (χ2n) is 8.46. The van der Waals surface area contributed by atoms with Crippen molar-refractivity contribution >= 4 is 34.3 Å². The SMILES string of the molecule is COc1ccc(C(=O)N(CCc2c[nH]c3ccccc23)C2CC(=O)N(c3ccccc3)C2=O)cc1.